The van der Waals surface area contributed by atoms with Crippen LogP contribution in [0.1, 0.15) is 40.2 Å². The molecule has 0 unspecified atom stereocenters. The molecule has 128 valence electrons. The Labute approximate surface area is 147 Å². The van der Waals surface area contributed by atoms with Crippen molar-refractivity contribution in [1.29, 1.82) is 0 Å². The van der Waals surface area contributed by atoms with Gasteiger partial charge in [0.15, 0.2) is 5.13 Å². The number of benzene rings is 1. The molecule has 2 aromatic rings. The van der Waals surface area contributed by atoms with E-state index in [2.05, 4.69) is 26.6 Å². The average Bonchev–Trinajstić information content (AvgIpc) is 2.99. The SMILES string of the molecule is CNc1nc(C)c(C(=O)Nc2ccccc2CN2CCCCC2)s1. The fourth-order valence-electron chi connectivity index (χ4n) is 3.03. The van der Waals surface area contributed by atoms with Gasteiger partial charge in [0.25, 0.3) is 5.91 Å². The summed E-state index contributed by atoms with van der Waals surface area (Å²) in [7, 11) is 1.81. The predicted octanol–water partition coefficient (Wildman–Crippen LogP) is 3.73. The number of amides is 1. The van der Waals surface area contributed by atoms with Gasteiger partial charge >= 0.3 is 0 Å². The minimum absolute atomic E-state index is 0.0856. The lowest BCUT2D eigenvalue weighted by molar-refractivity contribution is 0.102. The van der Waals surface area contributed by atoms with Gasteiger partial charge in [-0.1, -0.05) is 36.0 Å². The Morgan fingerprint density at radius 1 is 1.25 bits per heavy atom. The van der Waals surface area contributed by atoms with Crippen LogP contribution >= 0.6 is 11.3 Å². The van der Waals surface area contributed by atoms with Crippen molar-refractivity contribution >= 4 is 28.1 Å². The van der Waals surface area contributed by atoms with Crippen LogP contribution in [0.25, 0.3) is 0 Å². The van der Waals surface area contributed by atoms with Crippen molar-refractivity contribution < 1.29 is 4.79 Å². The van der Waals surface area contributed by atoms with Crippen LogP contribution in [0, 0.1) is 6.92 Å². The molecule has 3 rings (SSSR count). The second-order valence-corrected chi connectivity index (χ2v) is 7.13. The number of nitrogens with one attached hydrogen (secondary N) is 2. The molecule has 0 radical (unpaired) electrons. The number of thiazole rings is 1. The molecule has 6 heteroatoms. The minimum atomic E-state index is -0.0856. The molecule has 0 aliphatic carbocycles. The number of likely N-dealkylation sites (tertiary alicyclic amines) is 1. The Morgan fingerprint density at radius 2 is 2.00 bits per heavy atom. The summed E-state index contributed by atoms with van der Waals surface area (Å²) in [5, 5.41) is 6.83. The normalized spacial score (nSPS) is 15.2. The molecular weight excluding hydrogens is 320 g/mol. The van der Waals surface area contributed by atoms with Gasteiger partial charge < -0.3 is 10.6 Å². The molecule has 5 nitrogen and oxygen atoms in total. The van der Waals surface area contributed by atoms with Gasteiger partial charge in [-0.3, -0.25) is 9.69 Å². The average molecular weight is 344 g/mol. The van der Waals surface area contributed by atoms with Crippen LogP contribution in [0.5, 0.6) is 0 Å². The van der Waals surface area contributed by atoms with Gasteiger partial charge in [-0.05, 0) is 44.5 Å². The van der Waals surface area contributed by atoms with Crippen LogP contribution in [0.2, 0.25) is 0 Å². The van der Waals surface area contributed by atoms with Gasteiger partial charge in [-0.15, -0.1) is 0 Å². The molecular formula is C18H24N4OS. The predicted molar refractivity (Wildman–Crippen MR) is 99.9 cm³/mol. The highest BCUT2D eigenvalue weighted by atomic mass is 32.1. The zero-order chi connectivity index (χ0) is 16.9. The second-order valence-electron chi connectivity index (χ2n) is 6.13. The number of nitrogens with zero attached hydrogens (tertiary/aromatic N) is 2. The first-order valence-electron chi connectivity index (χ1n) is 8.44. The second kappa shape index (κ2) is 7.77. The summed E-state index contributed by atoms with van der Waals surface area (Å²) in [5.41, 5.74) is 2.83. The molecule has 0 saturated carbocycles. The molecule has 1 saturated heterocycles. The Morgan fingerprint density at radius 3 is 2.71 bits per heavy atom. The van der Waals surface area contributed by atoms with E-state index in [1.165, 1.54) is 36.2 Å². The summed E-state index contributed by atoms with van der Waals surface area (Å²) < 4.78 is 0. The van der Waals surface area contributed by atoms with Crippen molar-refractivity contribution in [3.63, 3.8) is 0 Å². The third-order valence-corrected chi connectivity index (χ3v) is 5.50. The quantitative estimate of drug-likeness (QED) is 0.868. The highest BCUT2D eigenvalue weighted by Gasteiger charge is 2.17. The molecule has 1 aromatic heterocycles. The van der Waals surface area contributed by atoms with Crippen LogP contribution in [0.4, 0.5) is 10.8 Å². The summed E-state index contributed by atoms with van der Waals surface area (Å²) >= 11 is 1.38. The van der Waals surface area contributed by atoms with Crippen molar-refractivity contribution in [3.8, 4) is 0 Å². The Balaban J connectivity index is 1.74. The van der Waals surface area contributed by atoms with E-state index in [0.717, 1.165) is 36.1 Å². The van der Waals surface area contributed by atoms with E-state index in [0.29, 0.717) is 4.88 Å². The van der Waals surface area contributed by atoms with Crippen molar-refractivity contribution in [2.45, 2.75) is 32.7 Å². The van der Waals surface area contributed by atoms with Gasteiger partial charge in [-0.2, -0.15) is 0 Å². The number of anilines is 2. The maximum Gasteiger partial charge on any atom is 0.267 e. The number of aromatic nitrogens is 1. The van der Waals surface area contributed by atoms with Gasteiger partial charge in [0.1, 0.15) is 4.88 Å². The number of carbonyl (C=O) groups excluding carboxylic acids is 1. The van der Waals surface area contributed by atoms with Crippen LogP contribution in [0.15, 0.2) is 24.3 Å². The summed E-state index contributed by atoms with van der Waals surface area (Å²) in [4.78, 5) is 20.1. The number of aryl methyl sites for hydroxylation is 1. The van der Waals surface area contributed by atoms with Gasteiger partial charge in [-0.25, -0.2) is 4.98 Å². The fraction of sp³-hybridized carbons (Fsp3) is 0.444. The standard InChI is InChI=1S/C18H24N4OS/c1-13-16(24-18(19-2)20-13)17(23)21-15-9-5-4-8-14(15)12-22-10-6-3-7-11-22/h4-5,8-9H,3,6-7,10-12H2,1-2H3,(H,19,20)(H,21,23). The van der Waals surface area contributed by atoms with Gasteiger partial charge in [0, 0.05) is 19.3 Å². The molecule has 1 aliphatic rings. The monoisotopic (exact) mass is 344 g/mol. The molecule has 1 fully saturated rings. The zero-order valence-electron chi connectivity index (χ0n) is 14.3. The number of para-hydroxylation sites is 1. The largest absolute Gasteiger partial charge is 0.365 e. The van der Waals surface area contributed by atoms with Crippen LogP contribution in [-0.4, -0.2) is 35.9 Å². The Hall–Kier alpha value is -1.92. The van der Waals surface area contributed by atoms with E-state index in [4.69, 9.17) is 0 Å². The molecule has 2 heterocycles. The Bertz CT molecular complexity index is 707. The lowest BCUT2D eigenvalue weighted by atomic mass is 10.1. The first kappa shape index (κ1) is 16.9. The van der Waals surface area contributed by atoms with E-state index in [1.54, 1.807) is 0 Å². The van der Waals surface area contributed by atoms with Gasteiger partial charge in [0.2, 0.25) is 0 Å². The molecule has 0 spiro atoms. The number of rotatable bonds is 5. The number of hydrogen-bond acceptors (Lipinski definition) is 5. The van der Waals surface area contributed by atoms with Crippen molar-refractivity contribution in [3.05, 3.63) is 40.4 Å². The molecule has 2 N–H and O–H groups in total. The number of hydrogen-bond donors (Lipinski definition) is 2. The molecule has 0 atom stereocenters. The molecule has 0 bridgehead atoms. The maximum atomic E-state index is 12.6. The molecule has 24 heavy (non-hydrogen) atoms. The third-order valence-electron chi connectivity index (χ3n) is 4.32. The lowest BCUT2D eigenvalue weighted by Gasteiger charge is -2.27. The lowest BCUT2D eigenvalue weighted by Crippen LogP contribution is -2.29. The van der Waals surface area contributed by atoms with Crippen LogP contribution in [0.3, 0.4) is 0 Å². The smallest absolute Gasteiger partial charge is 0.267 e. The van der Waals surface area contributed by atoms with E-state index in [1.807, 2.05) is 32.2 Å². The molecule has 1 aromatic carbocycles. The summed E-state index contributed by atoms with van der Waals surface area (Å²) in [6.45, 7) is 5.04. The summed E-state index contributed by atoms with van der Waals surface area (Å²) in [6, 6.07) is 8.08. The van der Waals surface area contributed by atoms with Crippen molar-refractivity contribution in [1.82, 2.24) is 9.88 Å². The first-order chi connectivity index (χ1) is 11.7. The topological polar surface area (TPSA) is 57.3 Å². The zero-order valence-corrected chi connectivity index (χ0v) is 15.1. The summed E-state index contributed by atoms with van der Waals surface area (Å²) in [5.74, 6) is -0.0856. The van der Waals surface area contributed by atoms with Crippen molar-refractivity contribution in [2.24, 2.45) is 0 Å². The fourth-order valence-corrected chi connectivity index (χ4v) is 3.85. The maximum absolute atomic E-state index is 12.6. The highest BCUT2D eigenvalue weighted by Crippen LogP contribution is 2.25. The molecule has 1 aliphatic heterocycles. The van der Waals surface area contributed by atoms with E-state index in [9.17, 15) is 4.79 Å². The first-order valence-corrected chi connectivity index (χ1v) is 9.26. The van der Waals surface area contributed by atoms with E-state index < -0.39 is 0 Å². The van der Waals surface area contributed by atoms with E-state index >= 15 is 0 Å². The Kier molecular flexibility index (Phi) is 5.48. The summed E-state index contributed by atoms with van der Waals surface area (Å²) in [6.07, 6.45) is 3.86. The number of piperidine rings is 1. The van der Waals surface area contributed by atoms with Gasteiger partial charge in [0.05, 0.1) is 5.69 Å². The third kappa shape index (κ3) is 3.94. The van der Waals surface area contributed by atoms with E-state index in [-0.39, 0.29) is 5.91 Å². The highest BCUT2D eigenvalue weighted by molar-refractivity contribution is 7.17. The van der Waals surface area contributed by atoms with Crippen molar-refractivity contribution in [2.75, 3.05) is 30.8 Å². The van der Waals surface area contributed by atoms with Crippen LogP contribution in [-0.2, 0) is 6.54 Å². The minimum Gasteiger partial charge on any atom is -0.365 e. The molecule has 1 amide bonds. The van der Waals surface area contributed by atoms with Crippen LogP contribution < -0.4 is 10.6 Å². The number of carbonyl (C=O) groups is 1.